The van der Waals surface area contributed by atoms with E-state index in [2.05, 4.69) is 5.10 Å². The van der Waals surface area contributed by atoms with Gasteiger partial charge >= 0.3 is 5.97 Å². The van der Waals surface area contributed by atoms with E-state index in [4.69, 9.17) is 32.7 Å². The number of hydrazone groups is 1. The molecule has 1 heterocycles. The second-order valence-corrected chi connectivity index (χ2v) is 7.48. The number of carbonyl (C=O) groups excluding carboxylic acids is 2. The molecule has 0 aliphatic carbocycles. The molecule has 1 amide bonds. The highest BCUT2D eigenvalue weighted by molar-refractivity contribution is 6.36. The summed E-state index contributed by atoms with van der Waals surface area (Å²) in [5.41, 5.74) is 0.852. The minimum Gasteiger partial charge on any atom is -0.445 e. The molecule has 0 aromatic heterocycles. The highest BCUT2D eigenvalue weighted by atomic mass is 35.5. The number of nitrogens with zero attached hydrogens (tertiary/aromatic N) is 2. The van der Waals surface area contributed by atoms with E-state index in [1.165, 1.54) is 13.8 Å². The van der Waals surface area contributed by atoms with Crippen molar-refractivity contribution in [3.05, 3.63) is 75.8 Å². The fourth-order valence-corrected chi connectivity index (χ4v) is 3.82. The molecule has 0 fully saturated rings. The smallest absolute Gasteiger partial charge is 0.308 e. The molecule has 152 valence electrons. The van der Waals surface area contributed by atoms with E-state index in [0.717, 1.165) is 15.8 Å². The summed E-state index contributed by atoms with van der Waals surface area (Å²) >= 11 is 12.7. The zero-order valence-electron chi connectivity index (χ0n) is 16.1. The van der Waals surface area contributed by atoms with Crippen LogP contribution >= 0.6 is 23.2 Å². The molecule has 0 unspecified atom stereocenters. The largest absolute Gasteiger partial charge is 0.445 e. The number of esters is 1. The highest BCUT2D eigenvalue weighted by Gasteiger charge is 2.37. The van der Waals surface area contributed by atoms with Gasteiger partial charge in [0, 0.05) is 13.8 Å². The number of halogens is 2. The zero-order chi connectivity index (χ0) is 21.4. The first-order chi connectivity index (χ1) is 14.3. The third kappa shape index (κ3) is 3.72. The Bertz CT molecular complexity index is 1190. The minimum atomic E-state index is -0.949. The summed E-state index contributed by atoms with van der Waals surface area (Å²) in [6, 6.07) is 16.1. The molecule has 0 N–H and O–H groups in total. The Hall–Kier alpha value is -3.09. The molecule has 0 saturated heterocycles. The van der Waals surface area contributed by atoms with Gasteiger partial charge in [-0.15, -0.1) is 5.10 Å². The Morgan fingerprint density at radius 3 is 2.23 bits per heavy atom. The zero-order valence-corrected chi connectivity index (χ0v) is 17.6. The van der Waals surface area contributed by atoms with Gasteiger partial charge in [0.25, 0.3) is 0 Å². The number of hydrogen-bond donors (Lipinski definition) is 0. The van der Waals surface area contributed by atoms with E-state index >= 15 is 0 Å². The van der Waals surface area contributed by atoms with Gasteiger partial charge in [0.15, 0.2) is 0 Å². The lowest BCUT2D eigenvalue weighted by molar-refractivity contribution is -0.135. The molecule has 1 aliphatic rings. The van der Waals surface area contributed by atoms with E-state index in [1.807, 2.05) is 24.3 Å². The molecule has 0 bridgehead atoms. The van der Waals surface area contributed by atoms with Crippen molar-refractivity contribution < 1.29 is 19.1 Å². The van der Waals surface area contributed by atoms with E-state index in [0.29, 0.717) is 21.2 Å². The number of hydrogen-bond acceptors (Lipinski definition) is 5. The second-order valence-electron chi connectivity index (χ2n) is 6.66. The quantitative estimate of drug-likeness (QED) is 0.407. The fourth-order valence-electron chi connectivity index (χ4n) is 3.24. The molecule has 6 nitrogen and oxygen atoms in total. The summed E-state index contributed by atoms with van der Waals surface area (Å²) in [6.45, 7) is 2.67. The third-order valence-electron chi connectivity index (χ3n) is 4.55. The molecule has 30 heavy (non-hydrogen) atoms. The normalized spacial score (nSPS) is 15.7. The first-order valence-corrected chi connectivity index (χ1v) is 9.81. The van der Waals surface area contributed by atoms with Crippen molar-refractivity contribution in [3.63, 3.8) is 0 Å². The van der Waals surface area contributed by atoms with Gasteiger partial charge in [-0.1, -0.05) is 53.5 Å². The van der Waals surface area contributed by atoms with Crippen LogP contribution in [0.25, 0.3) is 10.8 Å². The maximum Gasteiger partial charge on any atom is 0.308 e. The third-order valence-corrected chi connectivity index (χ3v) is 5.20. The van der Waals surface area contributed by atoms with Crippen molar-refractivity contribution in [2.45, 2.75) is 20.1 Å². The Labute approximate surface area is 182 Å². The van der Waals surface area contributed by atoms with Crippen LogP contribution in [-0.4, -0.2) is 22.8 Å². The Morgan fingerprint density at radius 2 is 1.63 bits per heavy atom. The van der Waals surface area contributed by atoms with Crippen LogP contribution in [0.3, 0.4) is 0 Å². The van der Waals surface area contributed by atoms with Gasteiger partial charge in [-0.3, -0.25) is 9.59 Å². The van der Waals surface area contributed by atoms with E-state index in [1.54, 1.807) is 30.3 Å². The monoisotopic (exact) mass is 442 g/mol. The van der Waals surface area contributed by atoms with Gasteiger partial charge in [0.1, 0.15) is 5.75 Å². The molecule has 0 radical (unpaired) electrons. The average molecular weight is 443 g/mol. The lowest BCUT2D eigenvalue weighted by Gasteiger charge is -2.21. The minimum absolute atomic E-state index is 0.119. The van der Waals surface area contributed by atoms with Crippen molar-refractivity contribution in [3.8, 4) is 5.75 Å². The Morgan fingerprint density at radius 1 is 1.00 bits per heavy atom. The van der Waals surface area contributed by atoms with Crippen LogP contribution in [0, 0.1) is 0 Å². The standard InChI is InChI=1S/C22H16Cl2N2O4/c1-12(27)26-22(20-17(23)8-5-9-18(20)24)30-21(25-26)16-10-14-6-3-4-7-15(14)11-19(16)29-13(2)28/h3-11,22H,1-2H3/t22-/m0/s1. The molecule has 4 rings (SSSR count). The lowest BCUT2D eigenvalue weighted by atomic mass is 10.1. The van der Waals surface area contributed by atoms with Gasteiger partial charge in [-0.05, 0) is 35.0 Å². The highest BCUT2D eigenvalue weighted by Crippen LogP contribution is 2.40. The summed E-state index contributed by atoms with van der Waals surface area (Å²) in [7, 11) is 0. The molecule has 3 aromatic carbocycles. The van der Waals surface area contributed by atoms with Crippen LogP contribution in [0.2, 0.25) is 10.0 Å². The maximum atomic E-state index is 12.3. The fraction of sp³-hybridized carbons (Fsp3) is 0.136. The maximum absolute atomic E-state index is 12.3. The first kappa shape index (κ1) is 20.2. The van der Waals surface area contributed by atoms with Crippen molar-refractivity contribution in [2.24, 2.45) is 5.10 Å². The molecule has 1 atom stereocenters. The van der Waals surface area contributed by atoms with Gasteiger partial charge in [-0.25, -0.2) is 0 Å². The number of benzene rings is 3. The lowest BCUT2D eigenvalue weighted by Crippen LogP contribution is -2.25. The van der Waals surface area contributed by atoms with Crippen LogP contribution in [0.4, 0.5) is 0 Å². The van der Waals surface area contributed by atoms with Crippen molar-refractivity contribution in [2.75, 3.05) is 0 Å². The first-order valence-electron chi connectivity index (χ1n) is 9.05. The van der Waals surface area contributed by atoms with E-state index in [-0.39, 0.29) is 17.6 Å². The van der Waals surface area contributed by atoms with Crippen LogP contribution in [0.5, 0.6) is 5.75 Å². The Balaban J connectivity index is 1.84. The average Bonchev–Trinajstić information content (AvgIpc) is 3.12. The molecule has 0 spiro atoms. The molecule has 8 heteroatoms. The molecule has 0 saturated carbocycles. The van der Waals surface area contributed by atoms with Gasteiger partial charge < -0.3 is 9.47 Å². The van der Waals surface area contributed by atoms with Gasteiger partial charge in [0.2, 0.25) is 18.0 Å². The van der Waals surface area contributed by atoms with Crippen LogP contribution in [0.15, 0.2) is 59.7 Å². The molecular weight excluding hydrogens is 427 g/mol. The number of carbonyl (C=O) groups is 2. The second kappa shape index (κ2) is 7.97. The summed E-state index contributed by atoms with van der Waals surface area (Å²) in [5.74, 6) is -0.456. The summed E-state index contributed by atoms with van der Waals surface area (Å²) in [5, 5.41) is 7.96. The summed E-state index contributed by atoms with van der Waals surface area (Å²) in [4.78, 5) is 23.9. The van der Waals surface area contributed by atoms with Crippen LogP contribution < -0.4 is 4.74 Å². The predicted molar refractivity (Wildman–Crippen MR) is 115 cm³/mol. The molecule has 3 aromatic rings. The topological polar surface area (TPSA) is 68.2 Å². The Kier molecular flexibility index (Phi) is 5.37. The van der Waals surface area contributed by atoms with E-state index in [9.17, 15) is 9.59 Å². The van der Waals surface area contributed by atoms with Crippen LogP contribution in [0.1, 0.15) is 31.2 Å². The van der Waals surface area contributed by atoms with Gasteiger partial charge in [0.05, 0.1) is 21.2 Å². The number of amides is 1. The van der Waals surface area contributed by atoms with E-state index < -0.39 is 12.2 Å². The molecular formula is C22H16Cl2N2O4. The summed E-state index contributed by atoms with van der Waals surface area (Å²) in [6.07, 6.45) is -0.949. The number of fused-ring (bicyclic) bond motifs is 1. The SMILES string of the molecule is CC(=O)Oc1cc2ccccc2cc1C1=NN(C(C)=O)[C@H](c2c(Cl)cccc2Cl)O1. The van der Waals surface area contributed by atoms with Crippen LogP contribution in [-0.2, 0) is 14.3 Å². The molecule has 1 aliphatic heterocycles. The predicted octanol–water partition coefficient (Wildman–Crippen LogP) is 5.31. The van der Waals surface area contributed by atoms with Crippen molar-refractivity contribution in [1.29, 1.82) is 0 Å². The van der Waals surface area contributed by atoms with Crippen molar-refractivity contribution >= 4 is 51.7 Å². The summed E-state index contributed by atoms with van der Waals surface area (Å²) < 4.78 is 11.4. The van der Waals surface area contributed by atoms with Crippen molar-refractivity contribution in [1.82, 2.24) is 5.01 Å². The number of ether oxygens (including phenoxy) is 2. The van der Waals surface area contributed by atoms with Gasteiger partial charge in [-0.2, -0.15) is 5.01 Å². The number of rotatable bonds is 3.